The minimum absolute atomic E-state index is 0.259. The van der Waals surface area contributed by atoms with Crippen LogP contribution in [0.25, 0.3) is 0 Å². The summed E-state index contributed by atoms with van der Waals surface area (Å²) in [5, 5.41) is 5.27. The van der Waals surface area contributed by atoms with Crippen molar-refractivity contribution in [3.05, 3.63) is 58.4 Å². The first-order valence-corrected chi connectivity index (χ1v) is 8.15. The van der Waals surface area contributed by atoms with E-state index >= 15 is 0 Å². The zero-order valence-corrected chi connectivity index (χ0v) is 14.4. The van der Waals surface area contributed by atoms with Gasteiger partial charge in [-0.1, -0.05) is 17.7 Å². The number of benzene rings is 2. The van der Waals surface area contributed by atoms with Gasteiger partial charge in [-0.15, -0.1) is 0 Å². The van der Waals surface area contributed by atoms with E-state index in [1.807, 2.05) is 0 Å². The molecule has 0 bridgehead atoms. The van der Waals surface area contributed by atoms with Crippen molar-refractivity contribution in [2.24, 2.45) is 5.41 Å². The Labute approximate surface area is 152 Å². The predicted molar refractivity (Wildman–Crippen MR) is 91.4 cm³/mol. The summed E-state index contributed by atoms with van der Waals surface area (Å²) >= 11 is 6.00. The van der Waals surface area contributed by atoms with E-state index in [0.717, 1.165) is 6.07 Å². The predicted octanol–water partition coefficient (Wildman–Crippen LogP) is 4.42. The number of carbonyl (C=O) groups excluding carboxylic acids is 2. The number of hydrogen-bond acceptors (Lipinski definition) is 2. The zero-order valence-electron chi connectivity index (χ0n) is 13.6. The lowest BCUT2D eigenvalue weighted by Crippen LogP contribution is -2.36. The van der Waals surface area contributed by atoms with Crippen molar-refractivity contribution in [3.63, 3.8) is 0 Å². The minimum atomic E-state index is -1.69. The van der Waals surface area contributed by atoms with E-state index < -0.39 is 40.4 Å². The number of nitrogens with one attached hydrogen (secondary N) is 2. The fourth-order valence-electron chi connectivity index (χ4n) is 2.53. The maximum Gasteiger partial charge on any atom is 0.240 e. The lowest BCUT2D eigenvalue weighted by Gasteiger charge is -2.17. The smallest absolute Gasteiger partial charge is 0.240 e. The molecule has 0 radical (unpaired) electrons. The van der Waals surface area contributed by atoms with Crippen LogP contribution in [-0.2, 0) is 9.59 Å². The van der Waals surface area contributed by atoms with Gasteiger partial charge in [-0.2, -0.15) is 0 Å². The molecule has 0 saturated heterocycles. The third-order valence-corrected chi connectivity index (χ3v) is 4.83. The van der Waals surface area contributed by atoms with Crippen LogP contribution in [0.1, 0.15) is 18.4 Å². The molecule has 2 aromatic carbocycles. The van der Waals surface area contributed by atoms with Crippen LogP contribution >= 0.6 is 11.6 Å². The van der Waals surface area contributed by atoms with Gasteiger partial charge in [0.2, 0.25) is 11.8 Å². The van der Waals surface area contributed by atoms with Crippen molar-refractivity contribution in [3.8, 4) is 0 Å². The second kappa shape index (κ2) is 6.64. The second-order valence-corrected chi connectivity index (χ2v) is 6.53. The standard InChI is InChI=1S/C18H14ClF3N2O2/c1-9-10(19)3-2-4-12(9)23-16(25)18(7-8-18)17(26)24-13-6-5-11(20)14(21)15(13)22/h2-6H,7-8H2,1H3,(H,23,25)(H,24,26). The van der Waals surface area contributed by atoms with E-state index in [4.69, 9.17) is 11.6 Å². The van der Waals surface area contributed by atoms with Crippen LogP contribution < -0.4 is 10.6 Å². The van der Waals surface area contributed by atoms with Gasteiger partial charge in [0, 0.05) is 10.7 Å². The Kier molecular flexibility index (Phi) is 4.66. The molecular weight excluding hydrogens is 369 g/mol. The lowest BCUT2D eigenvalue weighted by molar-refractivity contribution is -0.131. The maximum absolute atomic E-state index is 13.7. The van der Waals surface area contributed by atoms with E-state index in [9.17, 15) is 22.8 Å². The van der Waals surface area contributed by atoms with E-state index in [1.54, 1.807) is 25.1 Å². The highest BCUT2D eigenvalue weighted by atomic mass is 35.5. The molecule has 2 N–H and O–H groups in total. The number of halogens is 4. The summed E-state index contributed by atoms with van der Waals surface area (Å²) in [7, 11) is 0. The Morgan fingerprint density at radius 2 is 1.58 bits per heavy atom. The van der Waals surface area contributed by atoms with E-state index in [0.29, 0.717) is 22.3 Å². The van der Waals surface area contributed by atoms with Crippen LogP contribution in [0.5, 0.6) is 0 Å². The van der Waals surface area contributed by atoms with Crippen LogP contribution in [0.15, 0.2) is 30.3 Å². The molecule has 3 rings (SSSR count). The Balaban J connectivity index is 1.78. The highest BCUT2D eigenvalue weighted by Gasteiger charge is 2.56. The Hall–Kier alpha value is -2.54. The van der Waals surface area contributed by atoms with Crippen LogP contribution in [0.3, 0.4) is 0 Å². The quantitative estimate of drug-likeness (QED) is 0.607. The van der Waals surface area contributed by atoms with Gasteiger partial charge in [0.25, 0.3) is 0 Å². The number of anilines is 2. The average molecular weight is 383 g/mol. The highest BCUT2D eigenvalue weighted by Crippen LogP contribution is 2.48. The van der Waals surface area contributed by atoms with Crippen molar-refractivity contribution in [1.29, 1.82) is 0 Å². The van der Waals surface area contributed by atoms with E-state index in [2.05, 4.69) is 10.6 Å². The Morgan fingerprint density at radius 3 is 2.19 bits per heavy atom. The fourth-order valence-corrected chi connectivity index (χ4v) is 2.71. The van der Waals surface area contributed by atoms with E-state index in [1.165, 1.54) is 0 Å². The van der Waals surface area contributed by atoms with Crippen molar-refractivity contribution in [2.75, 3.05) is 10.6 Å². The molecule has 0 heterocycles. The molecule has 136 valence electrons. The van der Waals surface area contributed by atoms with Gasteiger partial charge in [-0.3, -0.25) is 9.59 Å². The molecule has 1 fully saturated rings. The first-order chi connectivity index (χ1) is 12.3. The van der Waals surface area contributed by atoms with Crippen LogP contribution in [-0.4, -0.2) is 11.8 Å². The van der Waals surface area contributed by atoms with Gasteiger partial charge in [0.1, 0.15) is 5.41 Å². The van der Waals surface area contributed by atoms with Gasteiger partial charge in [-0.05, 0) is 49.6 Å². The molecule has 0 aromatic heterocycles. The summed E-state index contributed by atoms with van der Waals surface area (Å²) in [6.45, 7) is 1.72. The molecule has 0 atom stereocenters. The third kappa shape index (κ3) is 3.14. The molecule has 8 heteroatoms. The highest BCUT2D eigenvalue weighted by molar-refractivity contribution is 6.31. The summed E-state index contributed by atoms with van der Waals surface area (Å²) in [4.78, 5) is 25.0. The number of amides is 2. The number of carbonyl (C=O) groups is 2. The number of rotatable bonds is 4. The van der Waals surface area contributed by atoms with Crippen LogP contribution in [0, 0.1) is 29.8 Å². The van der Waals surface area contributed by atoms with Crippen molar-refractivity contribution >= 4 is 34.8 Å². The van der Waals surface area contributed by atoms with Crippen molar-refractivity contribution < 1.29 is 22.8 Å². The minimum Gasteiger partial charge on any atom is -0.325 e. The van der Waals surface area contributed by atoms with Crippen molar-refractivity contribution in [2.45, 2.75) is 19.8 Å². The largest absolute Gasteiger partial charge is 0.325 e. The summed E-state index contributed by atoms with van der Waals surface area (Å²) in [5.41, 5.74) is -0.802. The first kappa shape index (κ1) is 18.3. The normalized spacial score (nSPS) is 14.7. The van der Waals surface area contributed by atoms with Crippen molar-refractivity contribution in [1.82, 2.24) is 0 Å². The lowest BCUT2D eigenvalue weighted by atomic mass is 10.0. The molecule has 1 aliphatic rings. The maximum atomic E-state index is 13.7. The van der Waals surface area contributed by atoms with Gasteiger partial charge in [0.15, 0.2) is 17.5 Å². The van der Waals surface area contributed by atoms with Crippen LogP contribution in [0.2, 0.25) is 5.02 Å². The SMILES string of the molecule is Cc1c(Cl)cccc1NC(=O)C1(C(=O)Nc2ccc(F)c(F)c2F)CC1. The Bertz CT molecular complexity index is 914. The van der Waals surface area contributed by atoms with Gasteiger partial charge in [-0.25, -0.2) is 13.2 Å². The monoisotopic (exact) mass is 382 g/mol. The third-order valence-electron chi connectivity index (χ3n) is 4.42. The molecule has 4 nitrogen and oxygen atoms in total. The molecule has 0 unspecified atom stereocenters. The average Bonchev–Trinajstić information content (AvgIpc) is 3.41. The van der Waals surface area contributed by atoms with E-state index in [-0.39, 0.29) is 12.8 Å². The first-order valence-electron chi connectivity index (χ1n) is 7.78. The molecule has 26 heavy (non-hydrogen) atoms. The molecule has 0 spiro atoms. The Morgan fingerprint density at radius 1 is 0.962 bits per heavy atom. The second-order valence-electron chi connectivity index (χ2n) is 6.13. The molecule has 1 aliphatic carbocycles. The molecule has 1 saturated carbocycles. The molecule has 0 aliphatic heterocycles. The molecule has 2 aromatic rings. The van der Waals surface area contributed by atoms with Crippen LogP contribution in [0.4, 0.5) is 24.5 Å². The molecule has 2 amide bonds. The van der Waals surface area contributed by atoms with Gasteiger partial charge < -0.3 is 10.6 Å². The fraction of sp³-hybridized carbons (Fsp3) is 0.222. The van der Waals surface area contributed by atoms with Gasteiger partial charge >= 0.3 is 0 Å². The summed E-state index contributed by atoms with van der Waals surface area (Å²) in [6, 6.07) is 6.56. The summed E-state index contributed by atoms with van der Waals surface area (Å²) in [5.74, 6) is -5.91. The van der Waals surface area contributed by atoms with Gasteiger partial charge in [0.05, 0.1) is 5.69 Å². The summed E-state index contributed by atoms with van der Waals surface area (Å²) in [6.07, 6.45) is 0.519. The summed E-state index contributed by atoms with van der Waals surface area (Å²) < 4.78 is 40.0. The zero-order chi connectivity index (χ0) is 19.1. The topological polar surface area (TPSA) is 58.2 Å². The molecular formula is C18H14ClF3N2O2. The number of hydrogen-bond donors (Lipinski definition) is 2.